The van der Waals surface area contributed by atoms with Gasteiger partial charge in [-0.1, -0.05) is 119 Å². The van der Waals surface area contributed by atoms with E-state index in [1.165, 1.54) is 23.9 Å². The quantitative estimate of drug-likeness (QED) is 0.109. The van der Waals surface area contributed by atoms with Crippen molar-refractivity contribution >= 4 is 70.1 Å². The van der Waals surface area contributed by atoms with E-state index in [4.69, 9.17) is 55.9 Å². The maximum Gasteiger partial charge on any atom is 0.330 e. The zero-order valence-corrected chi connectivity index (χ0v) is 28.5. The van der Waals surface area contributed by atoms with Crippen LogP contribution in [0, 0.1) is 0 Å². The predicted molar refractivity (Wildman–Crippen MR) is 187 cm³/mol. The summed E-state index contributed by atoms with van der Waals surface area (Å²) in [5.74, 6) is -0.808. The Kier molecular flexibility index (Phi) is 13.0. The minimum Gasteiger partial charge on any atom is -0.463 e. The van der Waals surface area contributed by atoms with Gasteiger partial charge in [0.25, 0.3) is 0 Å². The van der Waals surface area contributed by atoms with Gasteiger partial charge < -0.3 is 9.47 Å². The van der Waals surface area contributed by atoms with Crippen LogP contribution < -0.4 is 0 Å². The lowest BCUT2D eigenvalue weighted by atomic mass is 9.97. The van der Waals surface area contributed by atoms with E-state index >= 15 is 0 Å². The summed E-state index contributed by atoms with van der Waals surface area (Å²) in [7, 11) is 0. The van der Waals surface area contributed by atoms with Gasteiger partial charge in [0.2, 0.25) is 0 Å². The predicted octanol–water partition coefficient (Wildman–Crippen LogP) is 11.1. The summed E-state index contributed by atoms with van der Waals surface area (Å²) in [6.07, 6.45) is 7.20. The van der Waals surface area contributed by atoms with E-state index in [9.17, 15) is 9.59 Å². The normalized spacial score (nSPS) is 11.3. The van der Waals surface area contributed by atoms with Gasteiger partial charge in [0.05, 0.1) is 23.3 Å². The molecule has 0 aliphatic heterocycles. The van der Waals surface area contributed by atoms with Crippen molar-refractivity contribution < 1.29 is 19.1 Å². The molecule has 0 aliphatic carbocycles. The molecule has 4 aromatic rings. The number of carbonyl (C=O) groups excluding carboxylic acids is 2. The smallest absolute Gasteiger partial charge is 0.330 e. The third-order valence-electron chi connectivity index (χ3n) is 6.65. The van der Waals surface area contributed by atoms with Crippen molar-refractivity contribution in [2.45, 2.75) is 36.5 Å². The van der Waals surface area contributed by atoms with Crippen LogP contribution in [0.15, 0.2) is 107 Å². The first-order chi connectivity index (χ1) is 21.7. The number of benzene rings is 4. The zero-order chi connectivity index (χ0) is 32.3. The summed E-state index contributed by atoms with van der Waals surface area (Å²) >= 11 is 29.0. The maximum atomic E-state index is 11.9. The van der Waals surface area contributed by atoms with E-state index in [1.807, 2.05) is 72.8 Å². The minimum absolute atomic E-state index is 0.303. The molecule has 4 rings (SSSR count). The van der Waals surface area contributed by atoms with Crippen LogP contribution in [-0.2, 0) is 31.9 Å². The van der Waals surface area contributed by atoms with E-state index in [1.54, 1.807) is 26.0 Å². The third-order valence-corrected chi connectivity index (χ3v) is 9.44. The van der Waals surface area contributed by atoms with E-state index in [0.717, 1.165) is 43.2 Å². The second-order valence-corrected chi connectivity index (χ2v) is 12.3. The average Bonchev–Trinajstić information content (AvgIpc) is 3.01. The van der Waals surface area contributed by atoms with Gasteiger partial charge in [-0.2, -0.15) is 0 Å². The molecule has 0 saturated heterocycles. The lowest BCUT2D eigenvalue weighted by Crippen LogP contribution is -1.99. The molecule has 0 spiro atoms. The molecule has 45 heavy (non-hydrogen) atoms. The number of ether oxygens (including phenoxy) is 2. The molecule has 4 nitrogen and oxygen atoms in total. The number of esters is 2. The number of hydrogen-bond donors (Lipinski definition) is 0. The van der Waals surface area contributed by atoms with Crippen LogP contribution in [0.5, 0.6) is 0 Å². The fraction of sp³-hybridized carbons (Fsp3) is 0.167. The van der Waals surface area contributed by atoms with Gasteiger partial charge in [0.1, 0.15) is 0 Å². The van der Waals surface area contributed by atoms with Crippen molar-refractivity contribution in [1.29, 1.82) is 0 Å². The second-order valence-electron chi connectivity index (χ2n) is 9.60. The number of rotatable bonds is 12. The highest BCUT2D eigenvalue weighted by Crippen LogP contribution is 2.47. The molecule has 0 heterocycles. The standard InChI is InChI=1S/C36H30Cl4O4S/c1-3-43-31(41)17-9-11-23-19-21-29(35(39)33(23)25-13-5-7-15-27(25)37)45-30-22-20-24(12-10-18-32(42)44-4-2)34(36(30)40)26-14-6-8-16-28(26)38/h5-10,13-22H,3-4,11-12H2,1-2H3/b17-9+,18-10+. The molecular weight excluding hydrogens is 670 g/mol. The van der Waals surface area contributed by atoms with Crippen molar-refractivity contribution in [3.8, 4) is 22.3 Å². The van der Waals surface area contributed by atoms with Crippen LogP contribution >= 0.6 is 58.2 Å². The van der Waals surface area contributed by atoms with Gasteiger partial charge in [-0.3, -0.25) is 0 Å². The molecule has 9 heteroatoms. The van der Waals surface area contributed by atoms with Crippen LogP contribution in [0.25, 0.3) is 22.3 Å². The SMILES string of the molecule is CCOC(=O)/C=C/Cc1ccc(Sc2ccc(C/C=C/C(=O)OCC)c(-c3ccccc3Cl)c2Cl)c(Cl)c1-c1ccccc1Cl. The van der Waals surface area contributed by atoms with E-state index in [0.29, 0.717) is 46.1 Å². The number of carbonyl (C=O) groups is 2. The summed E-state index contributed by atoms with van der Waals surface area (Å²) in [4.78, 5) is 25.3. The van der Waals surface area contributed by atoms with Gasteiger partial charge in [0, 0.05) is 54.2 Å². The van der Waals surface area contributed by atoms with Crippen LogP contribution in [0.2, 0.25) is 20.1 Å². The van der Waals surface area contributed by atoms with Gasteiger partial charge in [-0.25, -0.2) is 9.59 Å². The second kappa shape index (κ2) is 16.9. The molecule has 232 valence electrons. The molecule has 0 aromatic heterocycles. The Morgan fingerprint density at radius 1 is 0.622 bits per heavy atom. The molecule has 0 atom stereocenters. The third kappa shape index (κ3) is 8.96. The van der Waals surface area contributed by atoms with E-state index in [-0.39, 0.29) is 0 Å². The fourth-order valence-corrected chi connectivity index (χ4v) is 6.82. The van der Waals surface area contributed by atoms with Crippen molar-refractivity contribution in [1.82, 2.24) is 0 Å². The van der Waals surface area contributed by atoms with Crippen molar-refractivity contribution in [2.75, 3.05) is 13.2 Å². The highest BCUT2D eigenvalue weighted by atomic mass is 35.5. The highest BCUT2D eigenvalue weighted by molar-refractivity contribution is 7.99. The van der Waals surface area contributed by atoms with Crippen LogP contribution in [0.1, 0.15) is 25.0 Å². The van der Waals surface area contributed by atoms with E-state index in [2.05, 4.69) is 0 Å². The summed E-state index contributed by atoms with van der Waals surface area (Å²) < 4.78 is 10.0. The van der Waals surface area contributed by atoms with Crippen molar-refractivity contribution in [2.24, 2.45) is 0 Å². The van der Waals surface area contributed by atoms with Gasteiger partial charge in [-0.15, -0.1) is 0 Å². The Hall–Kier alpha value is -3.19. The molecule has 0 unspecified atom stereocenters. The molecule has 0 fully saturated rings. The van der Waals surface area contributed by atoms with Gasteiger partial charge in [0.15, 0.2) is 0 Å². The Morgan fingerprint density at radius 3 is 1.40 bits per heavy atom. The molecule has 0 aliphatic rings. The van der Waals surface area contributed by atoms with Crippen LogP contribution in [-0.4, -0.2) is 25.2 Å². The lowest BCUT2D eigenvalue weighted by Gasteiger charge is -2.18. The molecule has 0 saturated carbocycles. The first kappa shape index (κ1) is 34.7. The highest BCUT2D eigenvalue weighted by Gasteiger charge is 2.20. The summed E-state index contributed by atoms with van der Waals surface area (Å²) in [5.41, 5.74) is 4.87. The molecule has 0 radical (unpaired) electrons. The average molecular weight is 701 g/mol. The Bertz CT molecular complexity index is 1620. The summed E-state index contributed by atoms with van der Waals surface area (Å²) in [6, 6.07) is 22.8. The van der Waals surface area contributed by atoms with Gasteiger partial charge >= 0.3 is 11.9 Å². The summed E-state index contributed by atoms with van der Waals surface area (Å²) in [5, 5.41) is 2.12. The van der Waals surface area contributed by atoms with Crippen molar-refractivity contribution in [3.05, 3.63) is 128 Å². The monoisotopic (exact) mass is 698 g/mol. The Morgan fingerprint density at radius 2 is 1.02 bits per heavy atom. The minimum atomic E-state index is -0.404. The zero-order valence-electron chi connectivity index (χ0n) is 24.6. The first-order valence-electron chi connectivity index (χ1n) is 14.2. The topological polar surface area (TPSA) is 52.6 Å². The molecular formula is C36H30Cl4O4S. The van der Waals surface area contributed by atoms with E-state index < -0.39 is 11.9 Å². The molecule has 0 bridgehead atoms. The molecule has 0 N–H and O–H groups in total. The fourth-order valence-electron chi connectivity index (χ4n) is 4.67. The first-order valence-corrected chi connectivity index (χ1v) is 16.5. The van der Waals surface area contributed by atoms with Crippen LogP contribution in [0.4, 0.5) is 0 Å². The maximum absolute atomic E-state index is 11.9. The molecule has 0 amide bonds. The van der Waals surface area contributed by atoms with Crippen LogP contribution in [0.3, 0.4) is 0 Å². The largest absolute Gasteiger partial charge is 0.463 e. The molecule has 4 aromatic carbocycles. The Labute approximate surface area is 287 Å². The number of allylic oxidation sites excluding steroid dienone is 2. The summed E-state index contributed by atoms with van der Waals surface area (Å²) in [6.45, 7) is 4.13. The number of hydrogen-bond acceptors (Lipinski definition) is 5. The Balaban J connectivity index is 1.77. The van der Waals surface area contributed by atoms with Crippen molar-refractivity contribution in [3.63, 3.8) is 0 Å². The number of halogens is 4. The lowest BCUT2D eigenvalue weighted by molar-refractivity contribution is -0.138. The van der Waals surface area contributed by atoms with Gasteiger partial charge in [-0.05, 0) is 62.1 Å².